The van der Waals surface area contributed by atoms with Crippen LogP contribution in [0.5, 0.6) is 0 Å². The normalized spacial score (nSPS) is 16.7. The second-order valence-corrected chi connectivity index (χ2v) is 3.15. The van der Waals surface area contributed by atoms with E-state index in [0.29, 0.717) is 0 Å². The molecule has 0 aliphatic heterocycles. The SMILES string of the molecule is CC(Cl)C(Cl)N(C)C.Cl. The molecule has 0 radical (unpaired) electrons. The molecule has 4 heteroatoms. The van der Waals surface area contributed by atoms with Gasteiger partial charge in [0.2, 0.25) is 0 Å². The van der Waals surface area contributed by atoms with Crippen molar-refractivity contribution < 1.29 is 0 Å². The van der Waals surface area contributed by atoms with E-state index in [9.17, 15) is 0 Å². The van der Waals surface area contributed by atoms with Crippen LogP contribution in [0.15, 0.2) is 0 Å². The Morgan fingerprint density at radius 1 is 1.22 bits per heavy atom. The average Bonchev–Trinajstić information content (AvgIpc) is 1.64. The number of hydrogen-bond donors (Lipinski definition) is 0. The lowest BCUT2D eigenvalue weighted by Gasteiger charge is -2.18. The lowest BCUT2D eigenvalue weighted by atomic mass is 10.4. The zero-order valence-corrected chi connectivity index (χ0v) is 8.09. The van der Waals surface area contributed by atoms with Gasteiger partial charge in [-0.1, -0.05) is 0 Å². The molecule has 1 nitrogen and oxygen atoms in total. The first-order chi connectivity index (χ1) is 3.55. The van der Waals surface area contributed by atoms with Crippen LogP contribution in [0.1, 0.15) is 6.92 Å². The molecule has 9 heavy (non-hydrogen) atoms. The number of halogens is 3. The van der Waals surface area contributed by atoms with Crippen molar-refractivity contribution in [2.45, 2.75) is 17.8 Å². The van der Waals surface area contributed by atoms with E-state index in [4.69, 9.17) is 23.2 Å². The number of rotatable bonds is 2. The predicted octanol–water partition coefficient (Wildman–Crippen LogP) is 2.16. The van der Waals surface area contributed by atoms with Gasteiger partial charge in [0.05, 0.1) is 5.38 Å². The van der Waals surface area contributed by atoms with Crippen LogP contribution in [0.3, 0.4) is 0 Å². The largest absolute Gasteiger partial charge is 0.292 e. The number of nitrogens with zero attached hydrogens (tertiary/aromatic N) is 1. The van der Waals surface area contributed by atoms with Crippen molar-refractivity contribution in [3.8, 4) is 0 Å². The van der Waals surface area contributed by atoms with E-state index in [1.165, 1.54) is 0 Å². The molecule has 2 atom stereocenters. The summed E-state index contributed by atoms with van der Waals surface area (Å²) in [5.41, 5.74) is -0.0586. The molecule has 0 amide bonds. The van der Waals surface area contributed by atoms with Crippen molar-refractivity contribution in [3.63, 3.8) is 0 Å². The van der Waals surface area contributed by atoms with Crippen LogP contribution in [-0.2, 0) is 0 Å². The minimum atomic E-state index is -0.0586. The Bertz CT molecular complexity index is 57.2. The fourth-order valence-electron chi connectivity index (χ4n) is 0.411. The van der Waals surface area contributed by atoms with Gasteiger partial charge in [-0.05, 0) is 21.0 Å². The first kappa shape index (κ1) is 12.5. The molecule has 58 valence electrons. The van der Waals surface area contributed by atoms with Gasteiger partial charge in [0.1, 0.15) is 5.50 Å². The van der Waals surface area contributed by atoms with Crippen molar-refractivity contribution in [2.75, 3.05) is 14.1 Å². The molecule has 2 unspecified atom stereocenters. The van der Waals surface area contributed by atoms with E-state index >= 15 is 0 Å². The van der Waals surface area contributed by atoms with Gasteiger partial charge in [0.25, 0.3) is 0 Å². The van der Waals surface area contributed by atoms with E-state index in [1.807, 2.05) is 25.9 Å². The summed E-state index contributed by atoms with van der Waals surface area (Å²) in [6, 6.07) is 0. The maximum atomic E-state index is 5.74. The van der Waals surface area contributed by atoms with Gasteiger partial charge >= 0.3 is 0 Å². The Labute approximate surface area is 72.7 Å². The molecule has 0 spiro atoms. The summed E-state index contributed by atoms with van der Waals surface area (Å²) in [6.45, 7) is 1.87. The summed E-state index contributed by atoms with van der Waals surface area (Å²) in [5.74, 6) is 0. The molecule has 0 N–H and O–H groups in total. The first-order valence-corrected chi connectivity index (χ1v) is 3.37. The summed E-state index contributed by atoms with van der Waals surface area (Å²) in [7, 11) is 3.80. The molecule has 0 saturated heterocycles. The summed E-state index contributed by atoms with van der Waals surface area (Å²) < 4.78 is 0. The van der Waals surface area contributed by atoms with E-state index in [-0.39, 0.29) is 23.3 Å². The topological polar surface area (TPSA) is 3.24 Å². The first-order valence-electron chi connectivity index (χ1n) is 2.50. The van der Waals surface area contributed by atoms with Gasteiger partial charge in [-0.25, -0.2) is 0 Å². The van der Waals surface area contributed by atoms with Gasteiger partial charge in [-0.2, -0.15) is 0 Å². The molecule has 0 saturated carbocycles. The molecule has 0 bridgehead atoms. The second-order valence-electron chi connectivity index (χ2n) is 2.01. The molecule has 0 aliphatic carbocycles. The second kappa shape index (κ2) is 5.60. The molecular weight excluding hydrogens is 180 g/mol. The molecule has 0 aromatic carbocycles. The summed E-state index contributed by atoms with van der Waals surface area (Å²) >= 11 is 11.4. The quantitative estimate of drug-likeness (QED) is 0.479. The van der Waals surface area contributed by atoms with E-state index in [2.05, 4.69) is 0 Å². The van der Waals surface area contributed by atoms with Crippen LogP contribution in [0.4, 0.5) is 0 Å². The Kier molecular flexibility index (Phi) is 7.78. The summed E-state index contributed by atoms with van der Waals surface area (Å²) in [4.78, 5) is 1.87. The van der Waals surface area contributed by atoms with Crippen LogP contribution in [0, 0.1) is 0 Å². The lowest BCUT2D eigenvalue weighted by Crippen LogP contribution is -2.28. The van der Waals surface area contributed by atoms with Crippen molar-refractivity contribution in [2.24, 2.45) is 0 Å². The van der Waals surface area contributed by atoms with E-state index < -0.39 is 0 Å². The Morgan fingerprint density at radius 2 is 1.56 bits per heavy atom. The zero-order valence-electron chi connectivity index (χ0n) is 5.77. The fourth-order valence-corrected chi connectivity index (χ4v) is 0.636. The Morgan fingerprint density at radius 3 is 1.56 bits per heavy atom. The van der Waals surface area contributed by atoms with Crippen molar-refractivity contribution in [1.82, 2.24) is 4.90 Å². The molecular formula is C5H12Cl3N. The standard InChI is InChI=1S/C5H11Cl2N.ClH/c1-4(6)5(7)8(2)3;/h4-5H,1-3H3;1H. The van der Waals surface area contributed by atoms with Crippen LogP contribution in [-0.4, -0.2) is 29.9 Å². The zero-order chi connectivity index (χ0) is 6.73. The highest BCUT2D eigenvalue weighted by atomic mass is 35.5. The molecule has 0 aromatic heterocycles. The van der Waals surface area contributed by atoms with Crippen molar-refractivity contribution in [1.29, 1.82) is 0 Å². The Balaban J connectivity index is 0. The predicted molar refractivity (Wildman–Crippen MR) is 45.9 cm³/mol. The van der Waals surface area contributed by atoms with Crippen LogP contribution < -0.4 is 0 Å². The fraction of sp³-hybridized carbons (Fsp3) is 1.00. The summed E-state index contributed by atoms with van der Waals surface area (Å²) in [6.07, 6.45) is 0. The van der Waals surface area contributed by atoms with Crippen LogP contribution in [0.25, 0.3) is 0 Å². The number of alkyl halides is 2. The van der Waals surface area contributed by atoms with Gasteiger partial charge < -0.3 is 0 Å². The highest BCUT2D eigenvalue weighted by Gasteiger charge is 2.12. The molecule has 0 aromatic rings. The highest BCUT2D eigenvalue weighted by molar-refractivity contribution is 6.29. The van der Waals surface area contributed by atoms with Crippen molar-refractivity contribution in [3.05, 3.63) is 0 Å². The minimum Gasteiger partial charge on any atom is -0.292 e. The van der Waals surface area contributed by atoms with E-state index in [1.54, 1.807) is 0 Å². The molecule has 0 rings (SSSR count). The third-order valence-corrected chi connectivity index (χ3v) is 2.01. The average molecular weight is 193 g/mol. The van der Waals surface area contributed by atoms with Gasteiger partial charge in [0, 0.05) is 0 Å². The van der Waals surface area contributed by atoms with E-state index in [0.717, 1.165) is 0 Å². The van der Waals surface area contributed by atoms with Gasteiger partial charge in [0.15, 0.2) is 0 Å². The molecule has 0 aliphatic rings. The Hall–Kier alpha value is 0.830. The van der Waals surface area contributed by atoms with Crippen molar-refractivity contribution >= 4 is 35.6 Å². The third kappa shape index (κ3) is 5.28. The maximum Gasteiger partial charge on any atom is 0.101 e. The van der Waals surface area contributed by atoms with Crippen LogP contribution in [0.2, 0.25) is 0 Å². The molecule has 0 heterocycles. The number of hydrogen-bond acceptors (Lipinski definition) is 1. The van der Waals surface area contributed by atoms with Gasteiger partial charge in [-0.3, -0.25) is 4.90 Å². The smallest absolute Gasteiger partial charge is 0.101 e. The minimum absolute atomic E-state index is 0. The monoisotopic (exact) mass is 191 g/mol. The van der Waals surface area contributed by atoms with Gasteiger partial charge in [-0.15, -0.1) is 35.6 Å². The molecule has 0 fully saturated rings. The lowest BCUT2D eigenvalue weighted by molar-refractivity contribution is 0.372. The summed E-state index contributed by atoms with van der Waals surface area (Å²) in [5, 5.41) is 0.00617. The third-order valence-electron chi connectivity index (χ3n) is 0.872. The van der Waals surface area contributed by atoms with Crippen LogP contribution >= 0.6 is 35.6 Å². The maximum absolute atomic E-state index is 5.74. The highest BCUT2D eigenvalue weighted by Crippen LogP contribution is 2.10.